The van der Waals surface area contributed by atoms with Crippen molar-refractivity contribution in [1.82, 2.24) is 35.3 Å². The summed E-state index contributed by atoms with van der Waals surface area (Å²) >= 11 is 0. The van der Waals surface area contributed by atoms with Gasteiger partial charge in [-0.1, -0.05) is 52.9 Å². The Morgan fingerprint density at radius 1 is 0.976 bits per heavy atom. The molecule has 2 aromatic carbocycles. The van der Waals surface area contributed by atoms with Crippen molar-refractivity contribution in [3.8, 4) is 22.5 Å². The van der Waals surface area contributed by atoms with E-state index in [0.717, 1.165) is 30.5 Å². The first-order valence-electron chi connectivity index (χ1n) is 13.9. The number of aliphatic hydroxyl groups is 2. The Kier molecular flexibility index (Phi) is 7.86. The Morgan fingerprint density at radius 3 is 2.49 bits per heavy atom. The third kappa shape index (κ3) is 5.90. The van der Waals surface area contributed by atoms with Crippen LogP contribution in [0.1, 0.15) is 44.2 Å². The topological polar surface area (TPSA) is 140 Å². The normalized spacial score (nSPS) is 26.5. The number of ether oxygens (including phenoxy) is 1. The molecule has 11 nitrogen and oxygen atoms in total. The van der Waals surface area contributed by atoms with Crippen LogP contribution in [0.3, 0.4) is 0 Å². The van der Waals surface area contributed by atoms with Crippen molar-refractivity contribution in [1.29, 1.82) is 0 Å². The summed E-state index contributed by atoms with van der Waals surface area (Å²) in [6.07, 6.45) is 4.07. The molecule has 2 fully saturated rings. The average molecular weight is 562 g/mol. The fourth-order valence-corrected chi connectivity index (χ4v) is 5.78. The van der Waals surface area contributed by atoms with Gasteiger partial charge in [0.15, 0.2) is 0 Å². The minimum atomic E-state index is -1.11. The Morgan fingerprint density at radius 2 is 1.71 bits per heavy atom. The summed E-state index contributed by atoms with van der Waals surface area (Å²) in [7, 11) is 0. The molecule has 0 radical (unpaired) electrons. The zero-order chi connectivity index (χ0) is 28.3. The van der Waals surface area contributed by atoms with Crippen molar-refractivity contribution in [3.63, 3.8) is 0 Å². The van der Waals surface area contributed by atoms with Crippen molar-refractivity contribution in [3.05, 3.63) is 72.8 Å². The first-order valence-corrected chi connectivity index (χ1v) is 13.9. The first-order chi connectivity index (χ1) is 20.0. The molecule has 1 saturated heterocycles. The molecule has 0 spiro atoms. The van der Waals surface area contributed by atoms with Crippen molar-refractivity contribution < 1.29 is 24.1 Å². The highest BCUT2D eigenvalue weighted by Crippen LogP contribution is 2.32. The molecule has 0 bridgehead atoms. The van der Waals surface area contributed by atoms with Crippen LogP contribution in [0, 0.1) is 5.82 Å². The molecule has 6 rings (SSSR count). The van der Waals surface area contributed by atoms with E-state index in [1.54, 1.807) is 18.3 Å². The molecular weight excluding hydrogens is 529 g/mol. The van der Waals surface area contributed by atoms with Crippen LogP contribution in [0.4, 0.5) is 4.39 Å². The number of rotatable bonds is 7. The van der Waals surface area contributed by atoms with Crippen molar-refractivity contribution in [2.24, 2.45) is 0 Å². The van der Waals surface area contributed by atoms with E-state index in [2.05, 4.69) is 25.9 Å². The van der Waals surface area contributed by atoms with Crippen LogP contribution in [0.5, 0.6) is 0 Å². The number of nitrogens with zero attached hydrogens (tertiary/aromatic N) is 6. The number of amides is 1. The highest BCUT2D eigenvalue weighted by atomic mass is 19.1. The SMILES string of the molecule is O=C(N[C@@H]1CCC[C@H](n2cc(-c3ccccc3)nn2)C1)[C@H]1C[C@@H](n2cc(-c3cccc(F)c3)nn2)[C@@H](O)[C@@H](CO)O1. The van der Waals surface area contributed by atoms with Gasteiger partial charge < -0.3 is 20.3 Å². The monoisotopic (exact) mass is 561 g/mol. The number of hydrogen-bond acceptors (Lipinski definition) is 8. The lowest BCUT2D eigenvalue weighted by Gasteiger charge is -2.38. The van der Waals surface area contributed by atoms with Gasteiger partial charge in [-0.2, -0.15) is 0 Å². The van der Waals surface area contributed by atoms with Gasteiger partial charge in [0.25, 0.3) is 0 Å². The summed E-state index contributed by atoms with van der Waals surface area (Å²) in [6, 6.07) is 15.2. The van der Waals surface area contributed by atoms with E-state index in [1.165, 1.54) is 16.8 Å². The van der Waals surface area contributed by atoms with Crippen LogP contribution < -0.4 is 5.32 Å². The minimum absolute atomic E-state index is 0.0851. The van der Waals surface area contributed by atoms with Gasteiger partial charge in [-0.3, -0.25) is 4.79 Å². The molecule has 0 unspecified atom stereocenters. The molecule has 4 aromatic rings. The van der Waals surface area contributed by atoms with E-state index in [0.29, 0.717) is 17.7 Å². The second kappa shape index (κ2) is 11.9. The molecule has 3 N–H and O–H groups in total. The average Bonchev–Trinajstić information content (AvgIpc) is 3.69. The summed E-state index contributed by atoms with van der Waals surface area (Å²) in [5.41, 5.74) is 2.78. The predicted octanol–water partition coefficient (Wildman–Crippen LogP) is 2.69. The molecule has 12 heteroatoms. The number of carbonyl (C=O) groups excluding carboxylic acids is 1. The third-order valence-electron chi connectivity index (χ3n) is 7.96. The Balaban J connectivity index is 1.12. The number of aliphatic hydroxyl groups excluding tert-OH is 2. The van der Waals surface area contributed by atoms with Crippen LogP contribution in [-0.4, -0.2) is 77.1 Å². The largest absolute Gasteiger partial charge is 0.394 e. The lowest BCUT2D eigenvalue weighted by atomic mass is 9.90. The summed E-state index contributed by atoms with van der Waals surface area (Å²) < 4.78 is 22.9. The number of carbonyl (C=O) groups is 1. The Labute approximate surface area is 236 Å². The van der Waals surface area contributed by atoms with Gasteiger partial charge in [-0.05, 0) is 37.8 Å². The maximum Gasteiger partial charge on any atom is 0.249 e. The van der Waals surface area contributed by atoms with Crippen LogP contribution in [0.2, 0.25) is 0 Å². The van der Waals surface area contributed by atoms with Gasteiger partial charge in [0, 0.05) is 23.6 Å². The smallest absolute Gasteiger partial charge is 0.249 e. The van der Waals surface area contributed by atoms with Crippen LogP contribution in [0.25, 0.3) is 22.5 Å². The summed E-state index contributed by atoms with van der Waals surface area (Å²) in [6.45, 7) is -0.464. The summed E-state index contributed by atoms with van der Waals surface area (Å²) in [5.74, 6) is -0.703. The van der Waals surface area contributed by atoms with Crippen LogP contribution >= 0.6 is 0 Å². The molecule has 1 aliphatic carbocycles. The molecule has 1 saturated carbocycles. The number of aromatic nitrogens is 6. The minimum Gasteiger partial charge on any atom is -0.394 e. The van der Waals surface area contributed by atoms with Crippen molar-refractivity contribution >= 4 is 5.91 Å². The van der Waals surface area contributed by atoms with Crippen molar-refractivity contribution in [2.45, 2.75) is 68.5 Å². The molecule has 1 amide bonds. The number of benzene rings is 2. The molecule has 3 heterocycles. The molecule has 6 atom stereocenters. The molecule has 214 valence electrons. The van der Waals surface area contributed by atoms with E-state index >= 15 is 0 Å². The van der Waals surface area contributed by atoms with Gasteiger partial charge in [-0.15, -0.1) is 10.2 Å². The fraction of sp³-hybridized carbons (Fsp3) is 0.414. The lowest BCUT2D eigenvalue weighted by molar-refractivity contribution is -0.171. The van der Waals surface area contributed by atoms with Gasteiger partial charge in [0.05, 0.1) is 31.1 Å². The van der Waals surface area contributed by atoms with Gasteiger partial charge in [-0.25, -0.2) is 13.8 Å². The van der Waals surface area contributed by atoms with E-state index in [9.17, 15) is 19.4 Å². The zero-order valence-electron chi connectivity index (χ0n) is 22.3. The quantitative estimate of drug-likeness (QED) is 0.313. The number of nitrogens with one attached hydrogen (secondary N) is 1. The van der Waals surface area contributed by atoms with Gasteiger partial charge in [0.1, 0.15) is 35.5 Å². The van der Waals surface area contributed by atoms with E-state index in [1.807, 2.05) is 41.2 Å². The van der Waals surface area contributed by atoms with Crippen LogP contribution in [-0.2, 0) is 9.53 Å². The molecular formula is C29H32FN7O4. The second-order valence-electron chi connectivity index (χ2n) is 10.7. The molecule has 1 aliphatic heterocycles. The van der Waals surface area contributed by atoms with Gasteiger partial charge in [0.2, 0.25) is 5.91 Å². The van der Waals surface area contributed by atoms with E-state index in [-0.39, 0.29) is 24.4 Å². The van der Waals surface area contributed by atoms with E-state index in [4.69, 9.17) is 4.74 Å². The lowest BCUT2D eigenvalue weighted by Crippen LogP contribution is -2.54. The maximum atomic E-state index is 13.7. The molecule has 2 aliphatic rings. The maximum absolute atomic E-state index is 13.7. The van der Waals surface area contributed by atoms with E-state index < -0.39 is 36.8 Å². The fourth-order valence-electron chi connectivity index (χ4n) is 5.78. The Hall–Kier alpha value is -4.00. The first kappa shape index (κ1) is 27.2. The number of halogens is 1. The Bertz CT molecular complexity index is 1480. The predicted molar refractivity (Wildman–Crippen MR) is 146 cm³/mol. The van der Waals surface area contributed by atoms with Crippen LogP contribution in [0.15, 0.2) is 67.0 Å². The highest BCUT2D eigenvalue weighted by Gasteiger charge is 2.42. The summed E-state index contributed by atoms with van der Waals surface area (Å²) in [5, 5.41) is 40.9. The molecule has 2 aromatic heterocycles. The summed E-state index contributed by atoms with van der Waals surface area (Å²) in [4.78, 5) is 13.4. The van der Waals surface area contributed by atoms with Gasteiger partial charge >= 0.3 is 0 Å². The third-order valence-corrected chi connectivity index (χ3v) is 7.96. The standard InChI is InChI=1S/C29H32FN7O4/c30-20-9-4-8-19(12-20)24-16-37(35-33-24)25-14-26(41-27(17-38)28(25)39)29(40)31-21-10-5-11-22(13-21)36-15-23(32-34-36)18-6-2-1-3-7-18/h1-4,6-9,12,15-16,21-22,25-28,38-39H,5,10-11,13-14,17H2,(H,31,40)/t21-,22+,25-,26-,27-,28-/m1/s1. The van der Waals surface area contributed by atoms with Crippen molar-refractivity contribution in [2.75, 3.05) is 6.61 Å². The number of hydrogen-bond donors (Lipinski definition) is 3. The molecule has 41 heavy (non-hydrogen) atoms. The zero-order valence-corrected chi connectivity index (χ0v) is 22.3. The second-order valence-corrected chi connectivity index (χ2v) is 10.7. The highest BCUT2D eigenvalue weighted by molar-refractivity contribution is 5.81.